The van der Waals surface area contributed by atoms with Crippen LogP contribution in [0.25, 0.3) is 0 Å². The summed E-state index contributed by atoms with van der Waals surface area (Å²) < 4.78 is 0. The Kier molecular flexibility index (Phi) is 9.73. The molecular weight excluding hydrogens is 271 g/mol. The molecule has 10 heteroatoms. The fraction of sp³-hybridized carbons (Fsp3) is 0.333. The van der Waals surface area contributed by atoms with E-state index in [2.05, 4.69) is 4.98 Å². The summed E-state index contributed by atoms with van der Waals surface area (Å²) in [6.07, 6.45) is -0.593. The maximum Gasteiger partial charge on any atom is 1.00 e. The number of H-pyrrole nitrogens is 2. The van der Waals surface area contributed by atoms with E-state index in [0.29, 0.717) is 0 Å². The molecule has 0 amide bonds. The molecule has 1 heterocycles. The van der Waals surface area contributed by atoms with Crippen LogP contribution < -0.4 is 40.8 Å². The standard InChI is InChI=1S/C5H6N2O3.C4H6O4.Na/c1-2-3(8)4(9)7-5(10)6-2;5-3(6)1-2-4(7)8;/h8H,1H3,(H2,6,7,9,10);1-2H2,(H,5,6)(H,7,8);/q;;+1. The van der Waals surface area contributed by atoms with E-state index in [1.165, 1.54) is 6.92 Å². The third-order valence-electron chi connectivity index (χ3n) is 1.65. The molecule has 0 spiro atoms. The average Bonchev–Trinajstić information content (AvgIpc) is 2.24. The quantitative estimate of drug-likeness (QED) is 0.353. The molecule has 0 unspecified atom stereocenters. The molecule has 0 fully saturated rings. The molecule has 19 heavy (non-hydrogen) atoms. The maximum absolute atomic E-state index is 10.5. The number of aromatic amines is 2. The summed E-state index contributed by atoms with van der Waals surface area (Å²) in [5.41, 5.74) is -1.20. The van der Waals surface area contributed by atoms with Crippen LogP contribution in [0.2, 0.25) is 0 Å². The van der Waals surface area contributed by atoms with E-state index >= 15 is 0 Å². The first kappa shape index (κ1) is 19.8. The fourth-order valence-corrected chi connectivity index (χ4v) is 0.807. The molecule has 0 aliphatic carbocycles. The van der Waals surface area contributed by atoms with Crippen LogP contribution in [-0.4, -0.2) is 37.2 Å². The van der Waals surface area contributed by atoms with Gasteiger partial charge in [-0.3, -0.25) is 19.4 Å². The Morgan fingerprint density at radius 2 is 1.47 bits per heavy atom. The van der Waals surface area contributed by atoms with Gasteiger partial charge in [-0.2, -0.15) is 0 Å². The number of aromatic nitrogens is 2. The molecule has 0 atom stereocenters. The van der Waals surface area contributed by atoms with Crippen LogP contribution in [-0.2, 0) is 9.59 Å². The van der Waals surface area contributed by atoms with Crippen molar-refractivity contribution in [2.75, 3.05) is 0 Å². The van der Waals surface area contributed by atoms with Gasteiger partial charge in [-0.05, 0) is 6.92 Å². The van der Waals surface area contributed by atoms with Gasteiger partial charge in [-0.1, -0.05) is 0 Å². The van der Waals surface area contributed by atoms with Crippen molar-refractivity contribution in [1.29, 1.82) is 0 Å². The first-order chi connectivity index (χ1) is 8.23. The number of nitrogens with one attached hydrogen (secondary N) is 2. The summed E-state index contributed by atoms with van der Waals surface area (Å²) in [6.45, 7) is 1.44. The molecule has 1 aromatic rings. The summed E-state index contributed by atoms with van der Waals surface area (Å²) in [5, 5.41) is 24.6. The van der Waals surface area contributed by atoms with Crippen molar-refractivity contribution in [3.8, 4) is 5.75 Å². The smallest absolute Gasteiger partial charge is 0.502 e. The second-order valence-corrected chi connectivity index (χ2v) is 3.17. The number of carboxylic acid groups (broad SMARTS) is 2. The van der Waals surface area contributed by atoms with E-state index in [1.54, 1.807) is 0 Å². The topological polar surface area (TPSA) is 161 Å². The van der Waals surface area contributed by atoms with Crippen molar-refractivity contribution in [2.24, 2.45) is 0 Å². The van der Waals surface area contributed by atoms with Gasteiger partial charge >= 0.3 is 47.2 Å². The van der Waals surface area contributed by atoms with Crippen molar-refractivity contribution >= 4 is 11.9 Å². The zero-order chi connectivity index (χ0) is 14.3. The third kappa shape index (κ3) is 9.05. The molecular formula is C9H12N2NaO7+. The maximum atomic E-state index is 10.5. The average molecular weight is 283 g/mol. The summed E-state index contributed by atoms with van der Waals surface area (Å²) in [4.78, 5) is 44.3. The van der Waals surface area contributed by atoms with E-state index in [-0.39, 0.29) is 48.1 Å². The Balaban J connectivity index is 0. The second kappa shape index (κ2) is 9.36. The van der Waals surface area contributed by atoms with Crippen molar-refractivity contribution in [2.45, 2.75) is 19.8 Å². The molecule has 0 radical (unpaired) electrons. The number of aliphatic carboxylic acids is 2. The van der Waals surface area contributed by atoms with Gasteiger partial charge in [-0.25, -0.2) is 4.79 Å². The van der Waals surface area contributed by atoms with Crippen LogP contribution in [0.4, 0.5) is 0 Å². The number of carbonyl (C=O) groups is 2. The fourth-order valence-electron chi connectivity index (χ4n) is 0.807. The zero-order valence-corrected chi connectivity index (χ0v) is 12.4. The molecule has 0 aliphatic heterocycles. The Morgan fingerprint density at radius 3 is 1.79 bits per heavy atom. The molecule has 0 aliphatic rings. The summed E-state index contributed by atoms with van der Waals surface area (Å²) >= 11 is 0. The van der Waals surface area contributed by atoms with Gasteiger partial charge in [0.05, 0.1) is 18.5 Å². The number of aromatic hydroxyl groups is 1. The van der Waals surface area contributed by atoms with Gasteiger partial charge in [-0.15, -0.1) is 0 Å². The van der Waals surface area contributed by atoms with E-state index in [0.717, 1.165) is 0 Å². The van der Waals surface area contributed by atoms with Gasteiger partial charge in [0, 0.05) is 0 Å². The Labute approximate surface area is 128 Å². The largest absolute Gasteiger partial charge is 1.00 e. The van der Waals surface area contributed by atoms with Crippen molar-refractivity contribution in [1.82, 2.24) is 9.97 Å². The first-order valence-electron chi connectivity index (χ1n) is 4.69. The Bertz CT molecular complexity index is 534. The van der Waals surface area contributed by atoms with Crippen LogP contribution in [0.3, 0.4) is 0 Å². The van der Waals surface area contributed by atoms with E-state index in [1.807, 2.05) is 4.98 Å². The van der Waals surface area contributed by atoms with Gasteiger partial charge in [0.15, 0.2) is 0 Å². The number of rotatable bonds is 3. The van der Waals surface area contributed by atoms with Crippen LogP contribution in [0.15, 0.2) is 9.59 Å². The SMILES string of the molecule is Cc1[nH]c(=O)[nH]c(=O)c1O.O=C(O)CCC(=O)O.[Na+]. The number of aryl methyl sites for hydroxylation is 1. The third-order valence-corrected chi connectivity index (χ3v) is 1.65. The first-order valence-corrected chi connectivity index (χ1v) is 4.69. The monoisotopic (exact) mass is 283 g/mol. The van der Waals surface area contributed by atoms with Crippen LogP contribution in [0.1, 0.15) is 18.5 Å². The molecule has 100 valence electrons. The van der Waals surface area contributed by atoms with E-state index < -0.39 is 28.9 Å². The van der Waals surface area contributed by atoms with Crippen LogP contribution in [0, 0.1) is 6.92 Å². The van der Waals surface area contributed by atoms with Crippen LogP contribution in [0.5, 0.6) is 5.75 Å². The second-order valence-electron chi connectivity index (χ2n) is 3.17. The van der Waals surface area contributed by atoms with Gasteiger partial charge in [0.25, 0.3) is 5.56 Å². The predicted octanol–water partition coefficient (Wildman–Crippen LogP) is -3.98. The van der Waals surface area contributed by atoms with Crippen molar-refractivity contribution in [3.63, 3.8) is 0 Å². The van der Waals surface area contributed by atoms with E-state index in [4.69, 9.17) is 15.3 Å². The molecule has 0 aromatic carbocycles. The summed E-state index contributed by atoms with van der Waals surface area (Å²) in [5.74, 6) is -2.60. The van der Waals surface area contributed by atoms with Gasteiger partial charge in [0.1, 0.15) is 0 Å². The minimum absolute atomic E-state index is 0. The van der Waals surface area contributed by atoms with Crippen molar-refractivity contribution in [3.05, 3.63) is 26.5 Å². The molecule has 1 aromatic heterocycles. The Hall–Kier alpha value is -1.58. The minimum atomic E-state index is -1.08. The van der Waals surface area contributed by atoms with Crippen molar-refractivity contribution < 1.29 is 54.5 Å². The molecule has 0 saturated carbocycles. The molecule has 5 N–H and O–H groups in total. The number of hydrogen-bond acceptors (Lipinski definition) is 5. The molecule has 9 nitrogen and oxygen atoms in total. The minimum Gasteiger partial charge on any atom is -0.502 e. The molecule has 0 bridgehead atoms. The number of carboxylic acids is 2. The molecule has 0 saturated heterocycles. The molecule has 1 rings (SSSR count). The van der Waals surface area contributed by atoms with Crippen LogP contribution >= 0.6 is 0 Å². The summed E-state index contributed by atoms with van der Waals surface area (Å²) in [7, 11) is 0. The summed E-state index contributed by atoms with van der Waals surface area (Å²) in [6, 6.07) is 0. The van der Waals surface area contributed by atoms with E-state index in [9.17, 15) is 19.2 Å². The Morgan fingerprint density at radius 1 is 1.05 bits per heavy atom. The normalized spacial score (nSPS) is 8.68. The van der Waals surface area contributed by atoms with Gasteiger partial charge < -0.3 is 20.3 Å². The number of hydrogen-bond donors (Lipinski definition) is 5. The predicted molar refractivity (Wildman–Crippen MR) is 58.6 cm³/mol. The van der Waals surface area contributed by atoms with Gasteiger partial charge in [0.2, 0.25) is 5.75 Å². The zero-order valence-electron chi connectivity index (χ0n) is 10.4.